The molecule has 1 aromatic rings. The third-order valence-electron chi connectivity index (χ3n) is 2.70. The summed E-state index contributed by atoms with van der Waals surface area (Å²) < 4.78 is 25.7. The van der Waals surface area contributed by atoms with Crippen molar-refractivity contribution in [3.8, 4) is 0 Å². The second-order valence-corrected chi connectivity index (χ2v) is 4.31. The molecule has 2 atom stereocenters. The van der Waals surface area contributed by atoms with Gasteiger partial charge in [-0.05, 0) is 32.4 Å². The van der Waals surface area contributed by atoms with Crippen LogP contribution >= 0.6 is 0 Å². The summed E-state index contributed by atoms with van der Waals surface area (Å²) in [6.45, 7) is 5.54. The zero-order chi connectivity index (χ0) is 13.7. The van der Waals surface area contributed by atoms with Crippen LogP contribution in [0.3, 0.4) is 0 Å². The van der Waals surface area contributed by atoms with Crippen molar-refractivity contribution < 1.29 is 13.6 Å². The Kier molecular flexibility index (Phi) is 5.07. The maximum absolute atomic E-state index is 13.0. The van der Waals surface area contributed by atoms with E-state index in [1.54, 1.807) is 6.92 Å². The highest BCUT2D eigenvalue weighted by molar-refractivity contribution is 5.84. The summed E-state index contributed by atoms with van der Waals surface area (Å²) in [5, 5.41) is 5.63. The number of carbonyl (C=O) groups is 1. The molecular weight excluding hydrogens is 238 g/mol. The quantitative estimate of drug-likeness (QED) is 0.850. The molecule has 18 heavy (non-hydrogen) atoms. The van der Waals surface area contributed by atoms with Crippen LogP contribution in [0.5, 0.6) is 0 Å². The monoisotopic (exact) mass is 256 g/mol. The Morgan fingerprint density at radius 1 is 1.28 bits per heavy atom. The van der Waals surface area contributed by atoms with Crippen LogP contribution in [0.1, 0.15) is 27.2 Å². The van der Waals surface area contributed by atoms with Crippen LogP contribution in [-0.2, 0) is 4.79 Å². The summed E-state index contributed by atoms with van der Waals surface area (Å²) in [4.78, 5) is 11.7. The Balaban J connectivity index is 2.60. The highest BCUT2D eigenvalue weighted by Gasteiger charge is 2.14. The lowest BCUT2D eigenvalue weighted by Gasteiger charge is -2.18. The van der Waals surface area contributed by atoms with Gasteiger partial charge in [-0.1, -0.05) is 6.92 Å². The number of amides is 1. The minimum Gasteiger partial charge on any atom is -0.374 e. The predicted molar refractivity (Wildman–Crippen MR) is 67.3 cm³/mol. The van der Waals surface area contributed by atoms with Crippen molar-refractivity contribution >= 4 is 11.6 Å². The van der Waals surface area contributed by atoms with E-state index >= 15 is 0 Å². The SMILES string of the molecule is CCC(C)NC(=O)C(C)Nc1ccc(F)c(F)c1. The third kappa shape index (κ3) is 3.98. The molecule has 0 spiro atoms. The van der Waals surface area contributed by atoms with Crippen LogP contribution in [0.25, 0.3) is 0 Å². The Morgan fingerprint density at radius 2 is 1.94 bits per heavy atom. The molecule has 2 unspecified atom stereocenters. The van der Waals surface area contributed by atoms with Gasteiger partial charge in [-0.3, -0.25) is 4.79 Å². The zero-order valence-electron chi connectivity index (χ0n) is 10.8. The zero-order valence-corrected chi connectivity index (χ0v) is 10.8. The summed E-state index contributed by atoms with van der Waals surface area (Å²) >= 11 is 0. The normalized spacial score (nSPS) is 13.8. The molecule has 5 heteroatoms. The van der Waals surface area contributed by atoms with Gasteiger partial charge in [0.25, 0.3) is 0 Å². The van der Waals surface area contributed by atoms with E-state index in [1.807, 2.05) is 13.8 Å². The second kappa shape index (κ2) is 6.33. The molecule has 0 aliphatic heterocycles. The number of halogens is 2. The van der Waals surface area contributed by atoms with E-state index in [9.17, 15) is 13.6 Å². The van der Waals surface area contributed by atoms with E-state index in [4.69, 9.17) is 0 Å². The molecule has 3 nitrogen and oxygen atoms in total. The first-order valence-corrected chi connectivity index (χ1v) is 5.96. The van der Waals surface area contributed by atoms with Crippen LogP contribution in [0.15, 0.2) is 18.2 Å². The van der Waals surface area contributed by atoms with E-state index in [1.165, 1.54) is 6.07 Å². The maximum atomic E-state index is 13.0. The topological polar surface area (TPSA) is 41.1 Å². The number of anilines is 1. The molecule has 0 bridgehead atoms. The molecule has 0 radical (unpaired) electrons. The molecule has 1 amide bonds. The van der Waals surface area contributed by atoms with Crippen LogP contribution in [0.4, 0.5) is 14.5 Å². The first-order chi connectivity index (χ1) is 8.43. The van der Waals surface area contributed by atoms with Crippen LogP contribution in [0.2, 0.25) is 0 Å². The minimum absolute atomic E-state index is 0.0895. The van der Waals surface area contributed by atoms with E-state index in [0.29, 0.717) is 5.69 Å². The number of hydrogen-bond donors (Lipinski definition) is 2. The molecule has 100 valence electrons. The first-order valence-electron chi connectivity index (χ1n) is 5.96. The number of nitrogens with one attached hydrogen (secondary N) is 2. The van der Waals surface area contributed by atoms with Crippen molar-refractivity contribution in [3.05, 3.63) is 29.8 Å². The summed E-state index contributed by atoms with van der Waals surface area (Å²) in [6, 6.07) is 3.03. The van der Waals surface area contributed by atoms with Gasteiger partial charge in [-0.25, -0.2) is 8.78 Å². The van der Waals surface area contributed by atoms with Crippen LogP contribution in [0, 0.1) is 11.6 Å². The largest absolute Gasteiger partial charge is 0.374 e. The minimum atomic E-state index is -0.936. The fourth-order valence-electron chi connectivity index (χ4n) is 1.37. The van der Waals surface area contributed by atoms with Crippen LogP contribution < -0.4 is 10.6 Å². The number of hydrogen-bond acceptors (Lipinski definition) is 2. The third-order valence-corrected chi connectivity index (χ3v) is 2.70. The Bertz CT molecular complexity index is 423. The Morgan fingerprint density at radius 3 is 2.50 bits per heavy atom. The van der Waals surface area contributed by atoms with E-state index in [2.05, 4.69) is 10.6 Å². The summed E-state index contributed by atoms with van der Waals surface area (Å²) in [6.07, 6.45) is 0.837. The van der Waals surface area contributed by atoms with Gasteiger partial charge in [0.05, 0.1) is 0 Å². The van der Waals surface area contributed by atoms with Crippen molar-refractivity contribution in [2.45, 2.75) is 39.3 Å². The molecule has 0 saturated carbocycles. The highest BCUT2D eigenvalue weighted by atomic mass is 19.2. The molecule has 0 saturated heterocycles. The molecule has 0 aliphatic rings. The van der Waals surface area contributed by atoms with Crippen molar-refractivity contribution in [1.82, 2.24) is 5.32 Å². The molecule has 0 heterocycles. The van der Waals surface area contributed by atoms with Gasteiger partial charge in [-0.2, -0.15) is 0 Å². The van der Waals surface area contributed by atoms with E-state index < -0.39 is 17.7 Å². The molecule has 2 N–H and O–H groups in total. The summed E-state index contributed by atoms with van der Waals surface area (Å²) in [7, 11) is 0. The lowest BCUT2D eigenvalue weighted by atomic mass is 10.2. The molecule has 0 fully saturated rings. The lowest BCUT2D eigenvalue weighted by molar-refractivity contribution is -0.122. The molecule has 0 aliphatic carbocycles. The van der Waals surface area contributed by atoms with Gasteiger partial charge in [-0.15, -0.1) is 0 Å². The summed E-state index contributed by atoms with van der Waals surface area (Å²) in [5.41, 5.74) is 0.376. The van der Waals surface area contributed by atoms with E-state index in [-0.39, 0.29) is 11.9 Å². The predicted octanol–water partition coefficient (Wildman–Crippen LogP) is 2.68. The Labute approximate surface area is 106 Å². The van der Waals surface area contributed by atoms with Crippen LogP contribution in [-0.4, -0.2) is 18.0 Å². The van der Waals surface area contributed by atoms with Gasteiger partial charge in [0.2, 0.25) is 5.91 Å². The average Bonchev–Trinajstić information content (AvgIpc) is 2.33. The number of benzene rings is 1. The van der Waals surface area contributed by atoms with Gasteiger partial charge < -0.3 is 10.6 Å². The number of rotatable bonds is 5. The highest BCUT2D eigenvalue weighted by Crippen LogP contribution is 2.14. The molecule has 1 aromatic carbocycles. The van der Waals surface area contributed by atoms with Crippen molar-refractivity contribution in [3.63, 3.8) is 0 Å². The molecule has 0 aromatic heterocycles. The van der Waals surface area contributed by atoms with Gasteiger partial charge in [0.1, 0.15) is 6.04 Å². The smallest absolute Gasteiger partial charge is 0.242 e. The van der Waals surface area contributed by atoms with Crippen molar-refractivity contribution in [2.75, 3.05) is 5.32 Å². The molecule has 1 rings (SSSR count). The standard InChI is InChI=1S/C13H18F2N2O/c1-4-8(2)16-13(18)9(3)17-10-5-6-11(14)12(15)7-10/h5-9,17H,4H2,1-3H3,(H,16,18). The van der Waals surface area contributed by atoms with Crippen molar-refractivity contribution in [1.29, 1.82) is 0 Å². The molecular formula is C13H18F2N2O. The number of carbonyl (C=O) groups excluding carboxylic acids is 1. The first kappa shape index (κ1) is 14.4. The lowest BCUT2D eigenvalue weighted by Crippen LogP contribution is -2.41. The second-order valence-electron chi connectivity index (χ2n) is 4.31. The van der Waals surface area contributed by atoms with Gasteiger partial charge in [0.15, 0.2) is 11.6 Å². The Hall–Kier alpha value is -1.65. The average molecular weight is 256 g/mol. The fraction of sp³-hybridized carbons (Fsp3) is 0.462. The summed E-state index contributed by atoms with van der Waals surface area (Å²) in [5.74, 6) is -2.01. The van der Waals surface area contributed by atoms with E-state index in [0.717, 1.165) is 18.6 Å². The fourth-order valence-corrected chi connectivity index (χ4v) is 1.37. The maximum Gasteiger partial charge on any atom is 0.242 e. The van der Waals surface area contributed by atoms with Gasteiger partial charge >= 0.3 is 0 Å². The van der Waals surface area contributed by atoms with Gasteiger partial charge in [0, 0.05) is 17.8 Å². The van der Waals surface area contributed by atoms with Crippen molar-refractivity contribution in [2.24, 2.45) is 0 Å².